The summed E-state index contributed by atoms with van der Waals surface area (Å²) < 4.78 is 112. The van der Waals surface area contributed by atoms with Crippen LogP contribution in [-0.2, 0) is 37.2 Å². The van der Waals surface area contributed by atoms with Gasteiger partial charge in [-0.3, -0.25) is 4.79 Å². The molecule has 0 aromatic heterocycles. The lowest BCUT2D eigenvalue weighted by molar-refractivity contribution is -0.260. The largest absolute Gasteiger partial charge is 0.743 e. The normalized spacial score (nSPS) is 22.7. The minimum Gasteiger partial charge on any atom is -0.743 e. The molecule has 1 fully saturated rings. The van der Waals surface area contributed by atoms with Crippen LogP contribution in [0.5, 0.6) is 5.75 Å². The van der Waals surface area contributed by atoms with Crippen LogP contribution in [0.4, 0.5) is 22.0 Å². The van der Waals surface area contributed by atoms with Crippen LogP contribution >= 0.6 is 0 Å². The van der Waals surface area contributed by atoms with Crippen LogP contribution in [0.25, 0.3) is 0 Å². The molecule has 168 valence electrons. The Morgan fingerprint density at radius 3 is 2.47 bits per heavy atom. The first-order chi connectivity index (χ1) is 13.8. The number of rotatable bonds is 7. The quantitative estimate of drug-likeness (QED) is 0.266. The van der Waals surface area contributed by atoms with E-state index in [1.807, 2.05) is 0 Å². The average Bonchev–Trinajstić information content (AvgIpc) is 3.46. The highest BCUT2D eigenvalue weighted by Crippen LogP contribution is 2.39. The molecular formula is C17H16F5O7S-. The molecule has 1 aromatic rings. The Morgan fingerprint density at radius 1 is 1.23 bits per heavy atom. The van der Waals surface area contributed by atoms with Gasteiger partial charge in [-0.15, -0.1) is 0 Å². The van der Waals surface area contributed by atoms with Crippen LogP contribution in [0.1, 0.15) is 17.5 Å². The fourth-order valence-electron chi connectivity index (χ4n) is 3.05. The maximum absolute atomic E-state index is 13.5. The molecule has 1 saturated heterocycles. The predicted molar refractivity (Wildman–Crippen MR) is 87.8 cm³/mol. The molecule has 30 heavy (non-hydrogen) atoms. The van der Waals surface area contributed by atoms with E-state index in [1.165, 1.54) is 0 Å². The Labute approximate surface area is 167 Å². The predicted octanol–water partition coefficient (Wildman–Crippen LogP) is 2.18. The molecule has 1 heterocycles. The van der Waals surface area contributed by atoms with Crippen LogP contribution in [0.2, 0.25) is 0 Å². The van der Waals surface area contributed by atoms with E-state index < -0.39 is 39.5 Å². The third-order valence-electron chi connectivity index (χ3n) is 4.75. The number of fused-ring (bicyclic) bond motifs is 1. The number of esters is 1. The molecule has 1 aromatic carbocycles. The zero-order chi connectivity index (χ0) is 22.3. The topological polar surface area (TPSA) is 105 Å². The van der Waals surface area contributed by atoms with Gasteiger partial charge in [0, 0.05) is 0 Å². The van der Waals surface area contributed by atoms with Gasteiger partial charge in [-0.25, -0.2) is 8.42 Å². The summed E-state index contributed by atoms with van der Waals surface area (Å²) in [5.74, 6) is -2.32. The van der Waals surface area contributed by atoms with E-state index in [-0.39, 0.29) is 25.4 Å². The van der Waals surface area contributed by atoms with Crippen molar-refractivity contribution in [1.29, 1.82) is 0 Å². The van der Waals surface area contributed by atoms with Gasteiger partial charge in [0.05, 0.1) is 12.5 Å². The highest BCUT2D eigenvalue weighted by molar-refractivity contribution is 7.86. The van der Waals surface area contributed by atoms with E-state index in [9.17, 15) is 39.7 Å². The third-order valence-corrected chi connectivity index (χ3v) is 5.63. The van der Waals surface area contributed by atoms with Crippen LogP contribution in [0.3, 0.4) is 0 Å². The number of alkyl halides is 5. The monoisotopic (exact) mass is 459 g/mol. The molecule has 0 bridgehead atoms. The van der Waals surface area contributed by atoms with Crippen molar-refractivity contribution in [2.45, 2.75) is 42.9 Å². The van der Waals surface area contributed by atoms with Gasteiger partial charge in [0.1, 0.15) is 18.5 Å². The average molecular weight is 459 g/mol. The minimum absolute atomic E-state index is 0.0126. The molecule has 0 spiro atoms. The van der Waals surface area contributed by atoms with Crippen molar-refractivity contribution in [2.75, 3.05) is 13.2 Å². The number of hydrogen-bond donors (Lipinski definition) is 0. The fraction of sp³-hybridized carbons (Fsp3) is 0.588. The Kier molecular flexibility index (Phi) is 6.00. The summed E-state index contributed by atoms with van der Waals surface area (Å²) in [6.45, 7) is 0.976. The number of epoxide rings is 1. The first kappa shape index (κ1) is 22.7. The van der Waals surface area contributed by atoms with E-state index in [0.29, 0.717) is 24.5 Å². The SMILES string of the molecule is O=C(OC(C(F)(F)F)C(F)(F)S(=O)(=O)[O-])C1CCc2cc(OCC3CO3)ccc2C1. The first-order valence-corrected chi connectivity index (χ1v) is 10.2. The molecular weight excluding hydrogens is 443 g/mol. The van der Waals surface area contributed by atoms with E-state index in [4.69, 9.17) is 9.47 Å². The van der Waals surface area contributed by atoms with E-state index >= 15 is 0 Å². The highest BCUT2D eigenvalue weighted by atomic mass is 32.2. The number of halogens is 5. The van der Waals surface area contributed by atoms with Crippen LogP contribution in [-0.4, -0.2) is 55.8 Å². The van der Waals surface area contributed by atoms with E-state index in [1.54, 1.807) is 18.2 Å². The summed E-state index contributed by atoms with van der Waals surface area (Å²) in [7, 11) is -6.73. The van der Waals surface area contributed by atoms with E-state index in [0.717, 1.165) is 5.56 Å². The van der Waals surface area contributed by atoms with Gasteiger partial charge in [-0.2, -0.15) is 22.0 Å². The number of aryl methyl sites for hydroxylation is 1. The van der Waals surface area contributed by atoms with Gasteiger partial charge >= 0.3 is 17.4 Å². The second kappa shape index (κ2) is 7.93. The van der Waals surface area contributed by atoms with Crippen molar-refractivity contribution in [3.8, 4) is 5.75 Å². The molecule has 1 aliphatic heterocycles. The van der Waals surface area contributed by atoms with Gasteiger partial charge in [0.15, 0.2) is 10.1 Å². The Hall–Kier alpha value is -1.99. The van der Waals surface area contributed by atoms with Crippen LogP contribution in [0, 0.1) is 5.92 Å². The molecule has 0 N–H and O–H groups in total. The molecule has 3 rings (SSSR count). The lowest BCUT2D eigenvalue weighted by Crippen LogP contribution is -2.53. The maximum atomic E-state index is 13.5. The second-order valence-corrected chi connectivity index (χ2v) is 8.46. The zero-order valence-electron chi connectivity index (χ0n) is 15.2. The Bertz CT molecular complexity index is 912. The first-order valence-electron chi connectivity index (χ1n) is 8.75. The summed E-state index contributed by atoms with van der Waals surface area (Å²) in [5.41, 5.74) is 1.36. The summed E-state index contributed by atoms with van der Waals surface area (Å²) in [6.07, 6.45) is -10.2. The van der Waals surface area contributed by atoms with Crippen molar-refractivity contribution in [2.24, 2.45) is 5.92 Å². The Balaban J connectivity index is 1.69. The van der Waals surface area contributed by atoms with Crippen molar-refractivity contribution in [3.63, 3.8) is 0 Å². The molecule has 7 nitrogen and oxygen atoms in total. The molecule has 0 amide bonds. The van der Waals surface area contributed by atoms with Crippen molar-refractivity contribution in [1.82, 2.24) is 0 Å². The Morgan fingerprint density at radius 2 is 1.90 bits per heavy atom. The molecule has 0 radical (unpaired) electrons. The summed E-state index contributed by atoms with van der Waals surface area (Å²) in [6, 6.07) is 4.89. The highest BCUT2D eigenvalue weighted by Gasteiger charge is 2.63. The van der Waals surface area contributed by atoms with Gasteiger partial charge in [0.2, 0.25) is 0 Å². The van der Waals surface area contributed by atoms with Gasteiger partial charge in [0.25, 0.3) is 6.10 Å². The number of ether oxygens (including phenoxy) is 3. The van der Waals surface area contributed by atoms with Crippen LogP contribution < -0.4 is 4.74 Å². The zero-order valence-corrected chi connectivity index (χ0v) is 16.0. The molecule has 13 heteroatoms. The van der Waals surface area contributed by atoms with Crippen molar-refractivity contribution < 1.29 is 53.9 Å². The number of benzene rings is 1. The minimum atomic E-state index is -6.73. The van der Waals surface area contributed by atoms with Crippen molar-refractivity contribution >= 4 is 16.1 Å². The van der Waals surface area contributed by atoms with Gasteiger partial charge < -0.3 is 18.8 Å². The molecule has 3 atom stereocenters. The number of carbonyl (C=O) groups is 1. The standard InChI is InChI=1S/C17H17F5O7S/c18-16(19,20)15(17(21,22)30(24,25)26)29-14(23)11-2-1-10-6-12(4-3-9(10)5-11)27-7-13-8-28-13/h3-4,6,11,13,15H,1-2,5,7-8H2,(H,24,25,26)/p-1. The number of hydrogen-bond acceptors (Lipinski definition) is 7. The van der Waals surface area contributed by atoms with Crippen LogP contribution in [0.15, 0.2) is 18.2 Å². The number of carbonyl (C=O) groups excluding carboxylic acids is 1. The van der Waals surface area contributed by atoms with Gasteiger partial charge in [-0.05, 0) is 42.5 Å². The lowest BCUT2D eigenvalue weighted by atomic mass is 9.84. The van der Waals surface area contributed by atoms with Crippen molar-refractivity contribution in [3.05, 3.63) is 29.3 Å². The maximum Gasteiger partial charge on any atom is 0.432 e. The van der Waals surface area contributed by atoms with E-state index in [2.05, 4.69) is 4.74 Å². The summed E-state index contributed by atoms with van der Waals surface area (Å²) in [4.78, 5) is 12.1. The third kappa shape index (κ3) is 5.01. The second-order valence-electron chi connectivity index (χ2n) is 7.01. The molecule has 0 saturated carbocycles. The van der Waals surface area contributed by atoms with Gasteiger partial charge in [-0.1, -0.05) is 6.07 Å². The molecule has 1 aliphatic carbocycles. The smallest absolute Gasteiger partial charge is 0.432 e. The molecule has 2 aliphatic rings. The lowest BCUT2D eigenvalue weighted by Gasteiger charge is -2.31. The summed E-state index contributed by atoms with van der Waals surface area (Å²) >= 11 is 0. The fourth-order valence-corrected chi connectivity index (χ4v) is 3.49. The summed E-state index contributed by atoms with van der Waals surface area (Å²) in [5, 5.41) is -5.86. The molecule has 3 unspecified atom stereocenters.